The van der Waals surface area contributed by atoms with Gasteiger partial charge in [0.25, 0.3) is 5.91 Å². The van der Waals surface area contributed by atoms with Crippen molar-refractivity contribution in [2.75, 3.05) is 20.8 Å². The van der Waals surface area contributed by atoms with E-state index < -0.39 is 0 Å². The number of rotatable bonds is 10. The molecule has 1 aliphatic heterocycles. The van der Waals surface area contributed by atoms with Crippen LogP contribution < -0.4 is 14.8 Å². The first-order chi connectivity index (χ1) is 15.9. The highest BCUT2D eigenvalue weighted by Crippen LogP contribution is 2.28. The summed E-state index contributed by atoms with van der Waals surface area (Å²) >= 11 is 0. The maximum absolute atomic E-state index is 13.0. The molecule has 0 spiro atoms. The lowest BCUT2D eigenvalue weighted by atomic mass is 9.98. The zero-order chi connectivity index (χ0) is 23.8. The fourth-order valence-corrected chi connectivity index (χ4v) is 4.19. The third-order valence-corrected chi connectivity index (χ3v) is 5.91. The van der Waals surface area contributed by atoms with Crippen LogP contribution >= 0.6 is 0 Å². The minimum Gasteiger partial charge on any atom is -0.493 e. The van der Waals surface area contributed by atoms with Gasteiger partial charge in [0, 0.05) is 31.6 Å². The van der Waals surface area contributed by atoms with Crippen LogP contribution in [0.1, 0.15) is 62.0 Å². The molecule has 2 amide bonds. The third kappa shape index (κ3) is 6.69. The summed E-state index contributed by atoms with van der Waals surface area (Å²) in [5.41, 5.74) is 1.36. The van der Waals surface area contributed by atoms with E-state index in [1.54, 1.807) is 25.1 Å². The van der Waals surface area contributed by atoms with Gasteiger partial charge in [-0.25, -0.2) is 0 Å². The van der Waals surface area contributed by atoms with Crippen molar-refractivity contribution in [3.8, 4) is 11.5 Å². The number of aromatic nitrogens is 3. The number of amides is 2. The number of piperidine rings is 1. The SMILES string of the molecule is COc1ccc(CCC(=O)N2CCCC[C@H]2CCn2cc(C(=O)NC(C)C)nn2)cc1OC. The molecule has 1 aliphatic rings. The number of ether oxygens (including phenoxy) is 2. The second-order valence-electron chi connectivity index (χ2n) is 8.71. The maximum atomic E-state index is 13.0. The predicted octanol–water partition coefficient (Wildman–Crippen LogP) is 2.84. The Kier molecular flexibility index (Phi) is 8.68. The largest absolute Gasteiger partial charge is 0.493 e. The normalized spacial score (nSPS) is 16.0. The van der Waals surface area contributed by atoms with Gasteiger partial charge in [0.1, 0.15) is 0 Å². The van der Waals surface area contributed by atoms with Gasteiger partial charge in [-0.3, -0.25) is 14.3 Å². The fraction of sp³-hybridized carbons (Fsp3) is 0.583. The highest BCUT2D eigenvalue weighted by molar-refractivity contribution is 5.91. The van der Waals surface area contributed by atoms with Gasteiger partial charge >= 0.3 is 0 Å². The van der Waals surface area contributed by atoms with Gasteiger partial charge in [0.15, 0.2) is 17.2 Å². The Morgan fingerprint density at radius 2 is 1.97 bits per heavy atom. The third-order valence-electron chi connectivity index (χ3n) is 5.91. The molecule has 0 unspecified atom stereocenters. The van der Waals surface area contributed by atoms with Gasteiger partial charge in [-0.1, -0.05) is 11.3 Å². The van der Waals surface area contributed by atoms with E-state index in [9.17, 15) is 9.59 Å². The van der Waals surface area contributed by atoms with Crippen LogP contribution in [0.2, 0.25) is 0 Å². The number of carbonyl (C=O) groups excluding carboxylic acids is 2. The standard InChI is InChI=1S/C24H35N5O4/c1-17(2)25-24(31)20-16-28(27-26-20)14-12-19-7-5-6-13-29(19)23(30)11-9-18-8-10-21(32-3)22(15-18)33-4/h8,10,15-17,19H,5-7,9,11-14H2,1-4H3,(H,25,31)/t19-/m0/s1. The van der Waals surface area contributed by atoms with Crippen LogP contribution in [0.15, 0.2) is 24.4 Å². The molecule has 0 radical (unpaired) electrons. The van der Waals surface area contributed by atoms with Gasteiger partial charge in [-0.2, -0.15) is 0 Å². The van der Waals surface area contributed by atoms with Crippen molar-refractivity contribution in [2.24, 2.45) is 0 Å². The summed E-state index contributed by atoms with van der Waals surface area (Å²) in [4.78, 5) is 27.2. The Bertz CT molecular complexity index is 943. The molecule has 2 aromatic rings. The second kappa shape index (κ2) is 11.7. The summed E-state index contributed by atoms with van der Waals surface area (Å²) in [5.74, 6) is 1.31. The fourth-order valence-electron chi connectivity index (χ4n) is 4.19. The zero-order valence-electron chi connectivity index (χ0n) is 20.0. The molecule has 0 aliphatic carbocycles. The lowest BCUT2D eigenvalue weighted by molar-refractivity contribution is -0.135. The molecule has 1 saturated heterocycles. The topological polar surface area (TPSA) is 98.6 Å². The number of aryl methyl sites for hydroxylation is 2. The van der Waals surface area contributed by atoms with Crippen molar-refractivity contribution in [3.05, 3.63) is 35.7 Å². The van der Waals surface area contributed by atoms with Crippen molar-refractivity contribution in [1.29, 1.82) is 0 Å². The predicted molar refractivity (Wildman–Crippen MR) is 124 cm³/mol. The van der Waals surface area contributed by atoms with Gasteiger partial charge in [-0.15, -0.1) is 5.10 Å². The van der Waals surface area contributed by atoms with Crippen molar-refractivity contribution in [2.45, 2.75) is 71.0 Å². The van der Waals surface area contributed by atoms with E-state index in [1.807, 2.05) is 36.9 Å². The monoisotopic (exact) mass is 457 g/mol. The van der Waals surface area contributed by atoms with Crippen LogP contribution in [0.4, 0.5) is 0 Å². The van der Waals surface area contributed by atoms with Crippen LogP contribution in [-0.2, 0) is 17.8 Å². The maximum Gasteiger partial charge on any atom is 0.273 e. The number of carbonyl (C=O) groups is 2. The quantitative estimate of drug-likeness (QED) is 0.589. The Hall–Kier alpha value is -3.10. The summed E-state index contributed by atoms with van der Waals surface area (Å²) < 4.78 is 12.3. The first kappa shape index (κ1) is 24.5. The average molecular weight is 458 g/mol. The average Bonchev–Trinajstić information content (AvgIpc) is 3.30. The van der Waals surface area contributed by atoms with Crippen LogP contribution in [0.25, 0.3) is 0 Å². The molecule has 1 atom stereocenters. The van der Waals surface area contributed by atoms with E-state index in [1.165, 1.54) is 0 Å². The molecule has 3 rings (SSSR count). The molecule has 0 saturated carbocycles. The van der Waals surface area contributed by atoms with Gasteiger partial charge in [-0.05, 0) is 63.6 Å². The van der Waals surface area contributed by atoms with Gasteiger partial charge in [0.05, 0.1) is 20.4 Å². The van der Waals surface area contributed by atoms with Gasteiger partial charge < -0.3 is 19.7 Å². The summed E-state index contributed by atoms with van der Waals surface area (Å²) in [6.07, 6.45) is 6.69. The van der Waals surface area contributed by atoms with E-state index in [0.29, 0.717) is 36.6 Å². The number of hydrogen-bond acceptors (Lipinski definition) is 6. The van der Waals surface area contributed by atoms with E-state index in [2.05, 4.69) is 15.6 Å². The Labute approximate surface area is 195 Å². The zero-order valence-corrected chi connectivity index (χ0v) is 20.0. The van der Waals surface area contributed by atoms with Crippen LogP contribution in [0.5, 0.6) is 11.5 Å². The molecule has 33 heavy (non-hydrogen) atoms. The smallest absolute Gasteiger partial charge is 0.273 e. The van der Waals surface area contributed by atoms with E-state index in [-0.39, 0.29) is 23.9 Å². The van der Waals surface area contributed by atoms with Crippen molar-refractivity contribution < 1.29 is 19.1 Å². The molecular formula is C24H35N5O4. The number of likely N-dealkylation sites (tertiary alicyclic amines) is 1. The Morgan fingerprint density at radius 3 is 2.70 bits per heavy atom. The molecule has 1 N–H and O–H groups in total. The van der Waals surface area contributed by atoms with E-state index >= 15 is 0 Å². The Morgan fingerprint density at radius 1 is 1.18 bits per heavy atom. The molecular weight excluding hydrogens is 422 g/mol. The van der Waals surface area contributed by atoms with E-state index in [0.717, 1.165) is 37.8 Å². The highest BCUT2D eigenvalue weighted by Gasteiger charge is 2.26. The number of benzene rings is 1. The number of hydrogen-bond donors (Lipinski definition) is 1. The second-order valence-corrected chi connectivity index (χ2v) is 8.71. The molecule has 180 valence electrons. The molecule has 1 aromatic carbocycles. The van der Waals surface area contributed by atoms with Gasteiger partial charge in [0.2, 0.25) is 5.91 Å². The number of nitrogens with zero attached hydrogens (tertiary/aromatic N) is 4. The summed E-state index contributed by atoms with van der Waals surface area (Å²) in [6.45, 7) is 5.21. The van der Waals surface area contributed by atoms with Crippen molar-refractivity contribution in [1.82, 2.24) is 25.2 Å². The summed E-state index contributed by atoms with van der Waals surface area (Å²) in [6, 6.07) is 5.99. The first-order valence-electron chi connectivity index (χ1n) is 11.6. The molecule has 1 aromatic heterocycles. The van der Waals surface area contributed by atoms with Crippen LogP contribution in [0.3, 0.4) is 0 Å². The van der Waals surface area contributed by atoms with Crippen LogP contribution in [0, 0.1) is 0 Å². The summed E-state index contributed by atoms with van der Waals surface area (Å²) in [7, 11) is 3.22. The van der Waals surface area contributed by atoms with E-state index in [4.69, 9.17) is 9.47 Å². The molecule has 9 heteroatoms. The number of methoxy groups -OCH3 is 2. The minimum absolute atomic E-state index is 0.0449. The summed E-state index contributed by atoms with van der Waals surface area (Å²) in [5, 5.41) is 10.9. The minimum atomic E-state index is -0.221. The van der Waals surface area contributed by atoms with Crippen LogP contribution in [-0.4, -0.2) is 64.6 Å². The number of nitrogens with one attached hydrogen (secondary N) is 1. The lowest BCUT2D eigenvalue weighted by Crippen LogP contribution is -2.44. The van der Waals surface area contributed by atoms with Crippen molar-refractivity contribution >= 4 is 11.8 Å². The first-order valence-corrected chi connectivity index (χ1v) is 11.6. The molecule has 1 fully saturated rings. The Balaban J connectivity index is 1.55. The lowest BCUT2D eigenvalue weighted by Gasteiger charge is -2.36. The van der Waals surface area contributed by atoms with Crippen molar-refractivity contribution in [3.63, 3.8) is 0 Å². The molecule has 2 heterocycles. The molecule has 9 nitrogen and oxygen atoms in total. The molecule has 0 bridgehead atoms. The highest BCUT2D eigenvalue weighted by atomic mass is 16.5.